The summed E-state index contributed by atoms with van der Waals surface area (Å²) in [5.41, 5.74) is 1.68. The number of carbonyl (C=O) groups excluding carboxylic acids is 2. The highest BCUT2D eigenvalue weighted by Crippen LogP contribution is 2.29. The van der Waals surface area contributed by atoms with Gasteiger partial charge in [0.2, 0.25) is 11.8 Å². The van der Waals surface area contributed by atoms with Crippen molar-refractivity contribution >= 4 is 28.7 Å². The lowest BCUT2D eigenvalue weighted by molar-refractivity contribution is -0.138. The summed E-state index contributed by atoms with van der Waals surface area (Å²) in [6.07, 6.45) is 4.19. The number of pyridine rings is 1. The fourth-order valence-corrected chi connectivity index (χ4v) is 4.35. The molecule has 1 fully saturated rings. The molecule has 1 aromatic carbocycles. The maximum absolute atomic E-state index is 13.9. The number of benzene rings is 1. The predicted octanol–water partition coefficient (Wildman–Crippen LogP) is 4.09. The first-order valence-electron chi connectivity index (χ1n) is 11.1. The largest absolute Gasteiger partial charge is 0.341 e. The van der Waals surface area contributed by atoms with Crippen LogP contribution >= 0.6 is 0 Å². The molecule has 3 aromatic rings. The van der Waals surface area contributed by atoms with E-state index in [9.17, 15) is 18.4 Å². The van der Waals surface area contributed by atoms with Crippen LogP contribution < -0.4 is 5.32 Å². The molecule has 1 saturated heterocycles. The summed E-state index contributed by atoms with van der Waals surface area (Å²) in [5.74, 6) is -1.95. The predicted molar refractivity (Wildman–Crippen MR) is 120 cm³/mol. The van der Waals surface area contributed by atoms with Crippen LogP contribution in [0.5, 0.6) is 0 Å². The van der Waals surface area contributed by atoms with Crippen LogP contribution in [-0.2, 0) is 9.59 Å². The van der Waals surface area contributed by atoms with E-state index in [1.807, 2.05) is 32.9 Å². The van der Waals surface area contributed by atoms with Gasteiger partial charge < -0.3 is 14.8 Å². The third-order valence-electron chi connectivity index (χ3n) is 6.15. The molecule has 0 saturated carbocycles. The number of nitrogens with one attached hydrogen (secondary N) is 1. The number of likely N-dealkylation sites (tertiary alicyclic amines) is 1. The van der Waals surface area contributed by atoms with Gasteiger partial charge >= 0.3 is 0 Å². The van der Waals surface area contributed by atoms with Crippen molar-refractivity contribution in [3.8, 4) is 0 Å². The number of aromatic nitrogens is 3. The van der Waals surface area contributed by atoms with Crippen LogP contribution in [0.1, 0.15) is 38.3 Å². The lowest BCUT2D eigenvalue weighted by Crippen LogP contribution is -2.45. The average Bonchev–Trinajstić information content (AvgIpc) is 3.16. The van der Waals surface area contributed by atoms with E-state index in [4.69, 9.17) is 0 Å². The molecule has 3 heterocycles. The number of hydrogen-bond donors (Lipinski definition) is 1. The summed E-state index contributed by atoms with van der Waals surface area (Å²) >= 11 is 0. The van der Waals surface area contributed by atoms with Gasteiger partial charge in [0.1, 0.15) is 11.9 Å². The van der Waals surface area contributed by atoms with Crippen molar-refractivity contribution < 1.29 is 18.4 Å². The molecule has 9 heteroatoms. The summed E-state index contributed by atoms with van der Waals surface area (Å²) in [6, 6.07) is 5.18. The molecule has 33 heavy (non-hydrogen) atoms. The molecular formula is C24H27F2N5O2. The first-order chi connectivity index (χ1) is 15.7. The average molecular weight is 456 g/mol. The number of fused-ring (bicyclic) bond motifs is 1. The molecule has 1 aliphatic rings. The normalized spacial score (nSPS) is 15.8. The summed E-state index contributed by atoms with van der Waals surface area (Å²) in [5, 5.41) is 2.86. The van der Waals surface area contributed by atoms with Gasteiger partial charge in [-0.25, -0.2) is 18.7 Å². The minimum Gasteiger partial charge on any atom is -0.341 e. The second-order valence-corrected chi connectivity index (χ2v) is 8.90. The van der Waals surface area contributed by atoms with E-state index in [0.29, 0.717) is 42.8 Å². The van der Waals surface area contributed by atoms with Crippen molar-refractivity contribution in [1.29, 1.82) is 0 Å². The Kier molecular flexibility index (Phi) is 6.40. The van der Waals surface area contributed by atoms with Crippen LogP contribution in [0.4, 0.5) is 14.6 Å². The monoisotopic (exact) mass is 455 g/mol. The van der Waals surface area contributed by atoms with Crippen molar-refractivity contribution in [2.45, 2.75) is 39.7 Å². The Bertz CT molecular complexity index is 1180. The van der Waals surface area contributed by atoms with Crippen molar-refractivity contribution in [3.05, 3.63) is 54.0 Å². The molecule has 1 aliphatic heterocycles. The molecule has 1 N–H and O–H groups in total. The number of imidazole rings is 1. The van der Waals surface area contributed by atoms with Gasteiger partial charge in [-0.05, 0) is 43.4 Å². The number of anilines is 1. The minimum absolute atomic E-state index is 0.0984. The summed E-state index contributed by atoms with van der Waals surface area (Å²) in [6.45, 7) is 6.63. The Morgan fingerprint density at radius 1 is 1.09 bits per heavy atom. The van der Waals surface area contributed by atoms with E-state index in [1.54, 1.807) is 15.7 Å². The molecule has 1 atom stereocenters. The Morgan fingerprint density at radius 3 is 2.45 bits per heavy atom. The highest BCUT2D eigenvalue weighted by molar-refractivity contribution is 5.92. The highest BCUT2D eigenvalue weighted by atomic mass is 19.2. The van der Waals surface area contributed by atoms with Gasteiger partial charge in [0.25, 0.3) is 0 Å². The number of carbonyl (C=O) groups is 2. The number of piperidine rings is 1. The number of hydrogen-bond acceptors (Lipinski definition) is 4. The Morgan fingerprint density at radius 2 is 1.79 bits per heavy atom. The maximum atomic E-state index is 13.9. The summed E-state index contributed by atoms with van der Waals surface area (Å²) in [4.78, 5) is 36.2. The van der Waals surface area contributed by atoms with E-state index in [2.05, 4.69) is 15.3 Å². The SMILES string of the molecule is Cc1ccnc(NC(=O)C2CCN(C(=O)C(C(C)C)n3cnc4cc(F)c(F)cc43)CC2)c1. The topological polar surface area (TPSA) is 80.1 Å². The van der Waals surface area contributed by atoms with Crippen molar-refractivity contribution in [3.63, 3.8) is 0 Å². The highest BCUT2D eigenvalue weighted by Gasteiger charge is 2.34. The van der Waals surface area contributed by atoms with Crippen LogP contribution in [0.2, 0.25) is 0 Å². The zero-order valence-corrected chi connectivity index (χ0v) is 18.9. The van der Waals surface area contributed by atoms with E-state index >= 15 is 0 Å². The number of nitrogens with zero attached hydrogens (tertiary/aromatic N) is 4. The van der Waals surface area contributed by atoms with Gasteiger partial charge in [0, 0.05) is 37.3 Å². The standard InChI is InChI=1S/C24H27F2N5O2/c1-14(2)22(31-13-28-19-11-17(25)18(26)12-20(19)31)24(33)30-8-5-16(6-9-30)23(32)29-21-10-15(3)4-7-27-21/h4,7,10-14,16,22H,5-6,8-9H2,1-3H3,(H,27,29,32). The van der Waals surface area contributed by atoms with Gasteiger partial charge in [-0.3, -0.25) is 9.59 Å². The first kappa shape index (κ1) is 22.8. The first-order valence-corrected chi connectivity index (χ1v) is 11.1. The molecule has 2 aromatic heterocycles. The molecular weight excluding hydrogens is 428 g/mol. The van der Waals surface area contributed by atoms with Gasteiger partial charge in [0.05, 0.1) is 17.4 Å². The van der Waals surface area contributed by atoms with Gasteiger partial charge in [-0.2, -0.15) is 0 Å². The Hall–Kier alpha value is -3.36. The van der Waals surface area contributed by atoms with Gasteiger partial charge in [-0.1, -0.05) is 13.8 Å². The van der Waals surface area contributed by atoms with E-state index in [0.717, 1.165) is 17.7 Å². The third-order valence-corrected chi connectivity index (χ3v) is 6.15. The Balaban J connectivity index is 1.45. The zero-order chi connectivity index (χ0) is 23.7. The third kappa shape index (κ3) is 4.72. The van der Waals surface area contributed by atoms with Crippen LogP contribution in [0.15, 0.2) is 36.8 Å². The lowest BCUT2D eigenvalue weighted by atomic mass is 9.94. The second kappa shape index (κ2) is 9.25. The molecule has 0 radical (unpaired) electrons. The van der Waals surface area contributed by atoms with Crippen LogP contribution in [0, 0.1) is 30.4 Å². The minimum atomic E-state index is -0.978. The maximum Gasteiger partial charge on any atom is 0.245 e. The van der Waals surface area contributed by atoms with Crippen molar-refractivity contribution in [2.24, 2.45) is 11.8 Å². The molecule has 7 nitrogen and oxygen atoms in total. The van der Waals surface area contributed by atoms with E-state index in [1.165, 1.54) is 6.33 Å². The van der Waals surface area contributed by atoms with Crippen molar-refractivity contribution in [1.82, 2.24) is 19.4 Å². The lowest BCUT2D eigenvalue weighted by Gasteiger charge is -2.35. The molecule has 4 rings (SSSR count). The quantitative estimate of drug-likeness (QED) is 0.628. The zero-order valence-electron chi connectivity index (χ0n) is 18.9. The smallest absolute Gasteiger partial charge is 0.245 e. The number of amides is 2. The Labute approximate surface area is 190 Å². The summed E-state index contributed by atoms with van der Waals surface area (Å²) < 4.78 is 29.1. The molecule has 0 bridgehead atoms. The summed E-state index contributed by atoms with van der Waals surface area (Å²) in [7, 11) is 0. The van der Waals surface area contributed by atoms with E-state index < -0.39 is 17.7 Å². The number of rotatable bonds is 5. The molecule has 174 valence electrons. The van der Waals surface area contributed by atoms with Crippen LogP contribution in [-0.4, -0.2) is 44.3 Å². The fourth-order valence-electron chi connectivity index (χ4n) is 4.35. The van der Waals surface area contributed by atoms with Crippen LogP contribution in [0.25, 0.3) is 11.0 Å². The molecule has 0 aliphatic carbocycles. The van der Waals surface area contributed by atoms with Crippen molar-refractivity contribution in [2.75, 3.05) is 18.4 Å². The molecule has 2 amide bonds. The second-order valence-electron chi connectivity index (χ2n) is 8.90. The van der Waals surface area contributed by atoms with Crippen LogP contribution in [0.3, 0.4) is 0 Å². The molecule has 1 unspecified atom stereocenters. The van der Waals surface area contributed by atoms with Gasteiger partial charge in [-0.15, -0.1) is 0 Å². The number of aryl methyl sites for hydroxylation is 1. The van der Waals surface area contributed by atoms with E-state index in [-0.39, 0.29) is 23.7 Å². The number of halogens is 2. The van der Waals surface area contributed by atoms with Gasteiger partial charge in [0.15, 0.2) is 11.6 Å². The fraction of sp³-hybridized carbons (Fsp3) is 0.417. The molecule has 0 spiro atoms.